The van der Waals surface area contributed by atoms with Gasteiger partial charge in [0, 0.05) is 0 Å². The molecule has 0 atom stereocenters. The van der Waals surface area contributed by atoms with E-state index < -0.39 is 5.97 Å². The Bertz CT molecular complexity index is 868. The maximum Gasteiger partial charge on any atom is 0.347 e. The number of ether oxygens (including phenoxy) is 2. The van der Waals surface area contributed by atoms with Gasteiger partial charge in [0.25, 0.3) is 0 Å². The van der Waals surface area contributed by atoms with Crippen LogP contribution in [0.25, 0.3) is 0 Å². The van der Waals surface area contributed by atoms with E-state index in [9.17, 15) is 4.79 Å². The SMILES string of the molecule is Cc1ccccc1OC(=O)c1ccccc1Oc1ccccc1C. The summed E-state index contributed by atoms with van der Waals surface area (Å²) in [5, 5.41) is 0. The van der Waals surface area contributed by atoms with Crippen LogP contribution >= 0.6 is 0 Å². The van der Waals surface area contributed by atoms with Gasteiger partial charge in [-0.05, 0) is 49.2 Å². The molecule has 0 saturated carbocycles. The minimum absolute atomic E-state index is 0.393. The Hall–Kier alpha value is -3.07. The fourth-order valence-electron chi connectivity index (χ4n) is 2.34. The zero-order valence-electron chi connectivity index (χ0n) is 13.7. The molecule has 3 rings (SSSR count). The van der Waals surface area contributed by atoms with Gasteiger partial charge in [0.1, 0.15) is 22.8 Å². The van der Waals surface area contributed by atoms with E-state index in [1.165, 1.54) is 0 Å². The minimum atomic E-state index is -0.437. The van der Waals surface area contributed by atoms with Crippen LogP contribution in [0.5, 0.6) is 17.2 Å². The molecule has 0 radical (unpaired) electrons. The fourth-order valence-corrected chi connectivity index (χ4v) is 2.34. The standard InChI is InChI=1S/C21H18O3/c1-15-9-3-6-12-18(15)23-20-14-8-5-11-17(20)21(22)24-19-13-7-4-10-16(19)2/h3-14H,1-2H3. The summed E-state index contributed by atoms with van der Waals surface area (Å²) in [5.74, 6) is 1.31. The third-order valence-electron chi connectivity index (χ3n) is 3.72. The highest BCUT2D eigenvalue weighted by atomic mass is 16.5. The molecule has 3 heteroatoms. The summed E-state index contributed by atoms with van der Waals surface area (Å²) in [5.41, 5.74) is 2.30. The highest BCUT2D eigenvalue weighted by Gasteiger charge is 2.16. The van der Waals surface area contributed by atoms with Crippen LogP contribution < -0.4 is 9.47 Å². The number of hydrogen-bond donors (Lipinski definition) is 0. The lowest BCUT2D eigenvalue weighted by Gasteiger charge is -2.13. The van der Waals surface area contributed by atoms with Crippen molar-refractivity contribution >= 4 is 5.97 Å². The van der Waals surface area contributed by atoms with Crippen molar-refractivity contribution in [2.45, 2.75) is 13.8 Å². The monoisotopic (exact) mass is 318 g/mol. The van der Waals surface area contributed by atoms with Crippen LogP contribution in [0.1, 0.15) is 21.5 Å². The molecule has 24 heavy (non-hydrogen) atoms. The third-order valence-corrected chi connectivity index (χ3v) is 3.72. The lowest BCUT2D eigenvalue weighted by atomic mass is 10.2. The lowest BCUT2D eigenvalue weighted by Crippen LogP contribution is -2.10. The van der Waals surface area contributed by atoms with Crippen molar-refractivity contribution in [3.8, 4) is 17.2 Å². The van der Waals surface area contributed by atoms with Crippen molar-refractivity contribution in [3.63, 3.8) is 0 Å². The van der Waals surface area contributed by atoms with Crippen molar-refractivity contribution in [1.82, 2.24) is 0 Å². The first-order valence-corrected chi connectivity index (χ1v) is 7.75. The van der Waals surface area contributed by atoms with E-state index in [-0.39, 0.29) is 0 Å². The van der Waals surface area contributed by atoms with Gasteiger partial charge in [-0.3, -0.25) is 0 Å². The van der Waals surface area contributed by atoms with Gasteiger partial charge in [0.2, 0.25) is 0 Å². The van der Waals surface area contributed by atoms with Gasteiger partial charge in [0.05, 0.1) is 0 Å². The lowest BCUT2D eigenvalue weighted by molar-refractivity contribution is 0.0731. The molecule has 0 heterocycles. The molecule has 3 aromatic carbocycles. The number of para-hydroxylation sites is 3. The Balaban J connectivity index is 1.88. The smallest absolute Gasteiger partial charge is 0.347 e. The van der Waals surface area contributed by atoms with Crippen molar-refractivity contribution in [3.05, 3.63) is 89.5 Å². The summed E-state index contributed by atoms with van der Waals surface area (Å²) in [6, 6.07) is 22.2. The summed E-state index contributed by atoms with van der Waals surface area (Å²) in [6.45, 7) is 3.86. The molecule has 0 unspecified atom stereocenters. The molecule has 120 valence electrons. The van der Waals surface area contributed by atoms with Crippen molar-refractivity contribution < 1.29 is 14.3 Å². The summed E-state index contributed by atoms with van der Waals surface area (Å²) >= 11 is 0. The molecule has 0 aliphatic rings. The maximum absolute atomic E-state index is 12.6. The Kier molecular flexibility index (Phi) is 4.62. The maximum atomic E-state index is 12.6. The van der Waals surface area contributed by atoms with E-state index in [1.54, 1.807) is 24.3 Å². The van der Waals surface area contributed by atoms with Gasteiger partial charge in [-0.25, -0.2) is 4.79 Å². The van der Waals surface area contributed by atoms with Crippen molar-refractivity contribution in [2.24, 2.45) is 0 Å². The first kappa shape index (κ1) is 15.8. The van der Waals surface area contributed by atoms with Crippen LogP contribution in [0.3, 0.4) is 0 Å². The number of carbonyl (C=O) groups excluding carboxylic acids is 1. The number of carbonyl (C=O) groups is 1. The van der Waals surface area contributed by atoms with Gasteiger partial charge in [-0.2, -0.15) is 0 Å². The van der Waals surface area contributed by atoms with E-state index in [1.807, 2.05) is 62.4 Å². The number of rotatable bonds is 4. The molecule has 0 bridgehead atoms. The van der Waals surface area contributed by atoms with Crippen LogP contribution in [-0.2, 0) is 0 Å². The largest absolute Gasteiger partial charge is 0.456 e. The van der Waals surface area contributed by atoms with E-state index in [0.29, 0.717) is 22.8 Å². The molecule has 0 spiro atoms. The van der Waals surface area contributed by atoms with Gasteiger partial charge in [0.15, 0.2) is 0 Å². The van der Waals surface area contributed by atoms with E-state index in [2.05, 4.69) is 0 Å². The zero-order chi connectivity index (χ0) is 16.9. The van der Waals surface area contributed by atoms with E-state index in [0.717, 1.165) is 11.1 Å². The fraction of sp³-hybridized carbons (Fsp3) is 0.0952. The van der Waals surface area contributed by atoms with Gasteiger partial charge >= 0.3 is 5.97 Å². The molecule has 0 aromatic heterocycles. The second kappa shape index (κ2) is 7.01. The Labute approximate surface area is 141 Å². The molecule has 3 nitrogen and oxygen atoms in total. The predicted octanol–water partition coefficient (Wildman–Crippen LogP) is 5.31. The van der Waals surface area contributed by atoms with Crippen LogP contribution in [0.4, 0.5) is 0 Å². The number of benzene rings is 3. The molecular formula is C21H18O3. The average Bonchev–Trinajstić information content (AvgIpc) is 2.59. The van der Waals surface area contributed by atoms with Crippen LogP contribution in [0.2, 0.25) is 0 Å². The van der Waals surface area contributed by atoms with Crippen LogP contribution in [0, 0.1) is 13.8 Å². The minimum Gasteiger partial charge on any atom is -0.456 e. The quantitative estimate of drug-likeness (QED) is 0.483. The zero-order valence-corrected chi connectivity index (χ0v) is 13.7. The topological polar surface area (TPSA) is 35.5 Å². The highest BCUT2D eigenvalue weighted by Crippen LogP contribution is 2.29. The highest BCUT2D eigenvalue weighted by molar-refractivity contribution is 5.94. The number of aryl methyl sites for hydroxylation is 2. The number of esters is 1. The Morgan fingerprint density at radius 3 is 1.79 bits per heavy atom. The molecule has 0 aliphatic heterocycles. The molecule has 0 N–H and O–H groups in total. The first-order valence-electron chi connectivity index (χ1n) is 7.75. The molecule has 0 aliphatic carbocycles. The normalized spacial score (nSPS) is 10.2. The second-order valence-electron chi connectivity index (χ2n) is 5.52. The summed E-state index contributed by atoms with van der Waals surface area (Å²) < 4.78 is 11.4. The molecule has 0 amide bonds. The molecule has 0 fully saturated rings. The third kappa shape index (κ3) is 3.46. The molecule has 3 aromatic rings. The predicted molar refractivity (Wildman–Crippen MR) is 93.8 cm³/mol. The van der Waals surface area contributed by atoms with E-state index >= 15 is 0 Å². The van der Waals surface area contributed by atoms with Gasteiger partial charge in [-0.1, -0.05) is 48.5 Å². The summed E-state index contributed by atoms with van der Waals surface area (Å²) in [4.78, 5) is 12.6. The van der Waals surface area contributed by atoms with Crippen LogP contribution in [0.15, 0.2) is 72.8 Å². The average molecular weight is 318 g/mol. The van der Waals surface area contributed by atoms with E-state index in [4.69, 9.17) is 9.47 Å². The van der Waals surface area contributed by atoms with Gasteiger partial charge in [-0.15, -0.1) is 0 Å². The van der Waals surface area contributed by atoms with Crippen molar-refractivity contribution in [2.75, 3.05) is 0 Å². The van der Waals surface area contributed by atoms with Gasteiger partial charge < -0.3 is 9.47 Å². The van der Waals surface area contributed by atoms with Crippen molar-refractivity contribution in [1.29, 1.82) is 0 Å². The summed E-state index contributed by atoms with van der Waals surface area (Å²) in [6.07, 6.45) is 0. The Morgan fingerprint density at radius 1 is 0.667 bits per heavy atom. The summed E-state index contributed by atoms with van der Waals surface area (Å²) in [7, 11) is 0. The first-order chi connectivity index (χ1) is 11.6. The second-order valence-corrected chi connectivity index (χ2v) is 5.52. The molecular weight excluding hydrogens is 300 g/mol. The Morgan fingerprint density at radius 2 is 1.17 bits per heavy atom. The number of hydrogen-bond acceptors (Lipinski definition) is 3. The molecule has 0 saturated heterocycles. The van der Waals surface area contributed by atoms with Crippen LogP contribution in [-0.4, -0.2) is 5.97 Å².